The highest BCUT2D eigenvalue weighted by atomic mass is 32.2. The van der Waals surface area contributed by atoms with E-state index in [4.69, 9.17) is 4.74 Å². The topological polar surface area (TPSA) is 59.5 Å². The number of benzene rings is 2. The Hall–Kier alpha value is -2.28. The highest BCUT2D eigenvalue weighted by molar-refractivity contribution is 7.89. The first-order chi connectivity index (χ1) is 14.0. The zero-order valence-corrected chi connectivity index (χ0v) is 17.6. The first kappa shape index (κ1) is 20.0. The number of hydrogen-bond acceptors (Lipinski definition) is 4. The fourth-order valence-corrected chi connectivity index (χ4v) is 5.73. The van der Waals surface area contributed by atoms with Crippen LogP contribution >= 0.6 is 0 Å². The number of ether oxygens (including phenoxy) is 1. The number of para-hydroxylation sites is 1. The predicted molar refractivity (Wildman–Crippen MR) is 114 cm³/mol. The number of hydrogen-bond donors (Lipinski definition) is 0. The van der Waals surface area contributed by atoms with Crippen LogP contribution in [0, 0.1) is 5.92 Å². The van der Waals surface area contributed by atoms with Gasteiger partial charge in [0.15, 0.2) is 0 Å². The maximum Gasteiger partial charge on any atom is 0.245 e. The van der Waals surface area contributed by atoms with Crippen LogP contribution in [0.25, 0.3) is 10.9 Å². The third-order valence-corrected chi connectivity index (χ3v) is 7.28. The lowest BCUT2D eigenvalue weighted by atomic mass is 10.0. The fraction of sp³-hybridized carbons (Fsp3) is 0.348. The molecule has 2 aromatic carbocycles. The summed E-state index contributed by atoms with van der Waals surface area (Å²) in [5.41, 5.74) is 2.53. The Labute approximate surface area is 172 Å². The van der Waals surface area contributed by atoms with E-state index >= 15 is 0 Å². The second-order valence-corrected chi connectivity index (χ2v) is 9.81. The first-order valence-electron chi connectivity index (χ1n) is 9.97. The predicted octanol–water partition coefficient (Wildman–Crippen LogP) is 4.37. The Morgan fingerprint density at radius 2 is 1.83 bits per heavy atom. The molecule has 3 aromatic rings. The highest BCUT2D eigenvalue weighted by Gasteiger charge is 2.35. The molecule has 4 rings (SSSR count). The monoisotopic (exact) mass is 410 g/mol. The number of pyridine rings is 1. The summed E-state index contributed by atoms with van der Waals surface area (Å²) in [6, 6.07) is 16.7. The normalized spacial score (nSPS) is 18.4. The number of nitrogens with zero attached hydrogens (tertiary/aromatic N) is 2. The molecular weight excluding hydrogens is 384 g/mol. The molecule has 0 amide bonds. The van der Waals surface area contributed by atoms with Crippen molar-refractivity contribution < 1.29 is 13.2 Å². The SMILES string of the molecule is CC(C)C[C@@H]1COCc2ccccc2CN1S(=O)(=O)c1cccc2cccnc12. The van der Waals surface area contributed by atoms with Gasteiger partial charge < -0.3 is 4.74 Å². The van der Waals surface area contributed by atoms with Crippen LogP contribution in [-0.4, -0.2) is 30.4 Å². The van der Waals surface area contributed by atoms with Crippen molar-refractivity contribution in [1.82, 2.24) is 9.29 Å². The minimum absolute atomic E-state index is 0.229. The fourth-order valence-electron chi connectivity index (χ4n) is 3.96. The van der Waals surface area contributed by atoms with E-state index in [-0.39, 0.29) is 10.9 Å². The summed E-state index contributed by atoms with van der Waals surface area (Å²) in [4.78, 5) is 4.63. The van der Waals surface area contributed by atoms with Gasteiger partial charge in [-0.05, 0) is 35.6 Å². The maximum absolute atomic E-state index is 13.9. The Morgan fingerprint density at radius 1 is 1.07 bits per heavy atom. The summed E-state index contributed by atoms with van der Waals surface area (Å²) in [7, 11) is -3.77. The first-order valence-corrected chi connectivity index (χ1v) is 11.4. The van der Waals surface area contributed by atoms with E-state index in [2.05, 4.69) is 18.8 Å². The molecule has 0 saturated heterocycles. The second kappa shape index (κ2) is 8.22. The van der Waals surface area contributed by atoms with E-state index in [0.717, 1.165) is 22.9 Å². The van der Waals surface area contributed by atoms with Gasteiger partial charge in [0.25, 0.3) is 0 Å². The molecule has 0 radical (unpaired) electrons. The molecule has 2 heterocycles. The molecule has 6 heteroatoms. The third kappa shape index (κ3) is 4.06. The maximum atomic E-state index is 13.9. The molecule has 1 aromatic heterocycles. The van der Waals surface area contributed by atoms with Crippen LogP contribution in [0.5, 0.6) is 0 Å². The van der Waals surface area contributed by atoms with E-state index in [0.29, 0.717) is 31.2 Å². The molecule has 0 saturated carbocycles. The average molecular weight is 411 g/mol. The van der Waals surface area contributed by atoms with Crippen molar-refractivity contribution in [3.63, 3.8) is 0 Å². The van der Waals surface area contributed by atoms with Crippen LogP contribution in [0.2, 0.25) is 0 Å². The molecule has 5 nitrogen and oxygen atoms in total. The van der Waals surface area contributed by atoms with Gasteiger partial charge in [-0.2, -0.15) is 4.31 Å². The summed E-state index contributed by atoms with van der Waals surface area (Å²) in [6.45, 7) is 5.44. The lowest BCUT2D eigenvalue weighted by Crippen LogP contribution is -2.44. The Morgan fingerprint density at radius 3 is 2.62 bits per heavy atom. The third-order valence-electron chi connectivity index (χ3n) is 5.35. The summed E-state index contributed by atoms with van der Waals surface area (Å²) < 4.78 is 35.4. The molecule has 0 fully saturated rings. The smallest absolute Gasteiger partial charge is 0.245 e. The van der Waals surface area contributed by atoms with Gasteiger partial charge in [-0.25, -0.2) is 8.42 Å². The van der Waals surface area contributed by atoms with Crippen molar-refractivity contribution >= 4 is 20.9 Å². The van der Waals surface area contributed by atoms with Gasteiger partial charge in [0.2, 0.25) is 10.0 Å². The zero-order chi connectivity index (χ0) is 20.4. The van der Waals surface area contributed by atoms with E-state index in [9.17, 15) is 8.42 Å². The molecule has 0 bridgehead atoms. The van der Waals surface area contributed by atoms with Crippen molar-refractivity contribution in [2.45, 2.75) is 44.4 Å². The van der Waals surface area contributed by atoms with E-state index in [1.54, 1.807) is 22.6 Å². The zero-order valence-electron chi connectivity index (χ0n) is 16.8. The lowest BCUT2D eigenvalue weighted by Gasteiger charge is -2.34. The molecular formula is C23H26N2O3S. The lowest BCUT2D eigenvalue weighted by molar-refractivity contribution is 0.0600. The van der Waals surface area contributed by atoms with Crippen molar-refractivity contribution in [2.24, 2.45) is 5.92 Å². The standard InChI is InChI=1S/C23H26N2O3S/c1-17(2)13-21-16-28-15-20-8-4-3-7-19(20)14-25(21)29(26,27)22-11-5-9-18-10-6-12-24-23(18)22/h3-12,17,21H,13-16H2,1-2H3/t21-/m1/s1. The van der Waals surface area contributed by atoms with E-state index < -0.39 is 10.0 Å². The van der Waals surface area contributed by atoms with Crippen LogP contribution in [-0.2, 0) is 27.9 Å². The van der Waals surface area contributed by atoms with Gasteiger partial charge >= 0.3 is 0 Å². The average Bonchev–Trinajstić information content (AvgIpc) is 2.69. The summed E-state index contributed by atoms with van der Waals surface area (Å²) in [5.74, 6) is 0.349. The minimum atomic E-state index is -3.77. The van der Waals surface area contributed by atoms with Gasteiger partial charge in [0.05, 0.1) is 18.7 Å². The Balaban J connectivity index is 1.84. The van der Waals surface area contributed by atoms with Crippen LogP contribution in [0.3, 0.4) is 0 Å². The summed E-state index contributed by atoms with van der Waals surface area (Å²) in [6.07, 6.45) is 2.37. The van der Waals surface area contributed by atoms with Crippen molar-refractivity contribution in [2.75, 3.05) is 6.61 Å². The van der Waals surface area contributed by atoms with Gasteiger partial charge in [0.1, 0.15) is 4.90 Å². The molecule has 1 aliphatic heterocycles. The highest BCUT2D eigenvalue weighted by Crippen LogP contribution is 2.30. The van der Waals surface area contributed by atoms with Crippen LogP contribution in [0.4, 0.5) is 0 Å². The van der Waals surface area contributed by atoms with Gasteiger partial charge in [-0.15, -0.1) is 0 Å². The van der Waals surface area contributed by atoms with Crippen LogP contribution in [0.15, 0.2) is 65.7 Å². The molecule has 0 aliphatic carbocycles. The number of rotatable bonds is 4. The molecule has 1 atom stereocenters. The van der Waals surface area contributed by atoms with E-state index in [1.807, 2.05) is 42.5 Å². The van der Waals surface area contributed by atoms with Gasteiger partial charge in [-0.3, -0.25) is 4.98 Å². The van der Waals surface area contributed by atoms with E-state index in [1.165, 1.54) is 0 Å². The van der Waals surface area contributed by atoms with Crippen molar-refractivity contribution in [1.29, 1.82) is 0 Å². The largest absolute Gasteiger partial charge is 0.375 e. The molecule has 0 unspecified atom stereocenters. The number of sulfonamides is 1. The Kier molecular flexibility index (Phi) is 5.67. The van der Waals surface area contributed by atoms with Crippen LogP contribution in [0.1, 0.15) is 31.4 Å². The number of fused-ring (bicyclic) bond motifs is 2. The minimum Gasteiger partial charge on any atom is -0.375 e. The van der Waals surface area contributed by atoms with Crippen LogP contribution < -0.4 is 0 Å². The van der Waals surface area contributed by atoms with Crippen molar-refractivity contribution in [3.05, 3.63) is 71.9 Å². The Bertz CT molecular complexity index is 1110. The summed E-state index contributed by atoms with van der Waals surface area (Å²) in [5, 5.41) is 0.817. The quantitative estimate of drug-likeness (QED) is 0.641. The van der Waals surface area contributed by atoms with Gasteiger partial charge in [0, 0.05) is 24.2 Å². The van der Waals surface area contributed by atoms with Crippen molar-refractivity contribution in [3.8, 4) is 0 Å². The molecule has 0 N–H and O–H groups in total. The summed E-state index contributed by atoms with van der Waals surface area (Å²) >= 11 is 0. The molecule has 152 valence electrons. The molecule has 29 heavy (non-hydrogen) atoms. The molecule has 1 aliphatic rings. The number of aromatic nitrogens is 1. The second-order valence-electron chi connectivity index (χ2n) is 7.95. The van der Waals surface area contributed by atoms with Gasteiger partial charge in [-0.1, -0.05) is 56.3 Å². The molecule has 0 spiro atoms.